The van der Waals surface area contributed by atoms with Crippen LogP contribution in [0, 0.1) is 5.82 Å². The van der Waals surface area contributed by atoms with E-state index < -0.39 is 38.5 Å². The zero-order valence-electron chi connectivity index (χ0n) is 21.4. The van der Waals surface area contributed by atoms with Gasteiger partial charge in [0.15, 0.2) is 8.44 Å². The molecular weight excluding hydrogens is 783 g/mol. The van der Waals surface area contributed by atoms with Gasteiger partial charge in [0.05, 0.1) is 35.2 Å². The number of benzene rings is 2. The van der Waals surface area contributed by atoms with Crippen LogP contribution < -0.4 is 20.4 Å². The Kier molecular flexibility index (Phi) is 10.4. The smallest absolute Gasteiger partial charge is 0.414 e. The van der Waals surface area contributed by atoms with Crippen LogP contribution in [0.4, 0.5) is 25.0 Å². The van der Waals surface area contributed by atoms with E-state index in [0.29, 0.717) is 12.2 Å². The van der Waals surface area contributed by atoms with Crippen molar-refractivity contribution in [1.29, 1.82) is 0 Å². The number of amides is 3. The lowest BCUT2D eigenvalue weighted by molar-refractivity contribution is -0.119. The minimum atomic E-state index is -1.51. The molecule has 2 fully saturated rings. The van der Waals surface area contributed by atoms with Crippen molar-refractivity contribution < 1.29 is 27.9 Å². The lowest BCUT2D eigenvalue weighted by Gasteiger charge is -2.44. The van der Waals surface area contributed by atoms with Gasteiger partial charge in [-0.25, -0.2) is 18.5 Å². The highest BCUT2D eigenvalue weighted by atomic mass is 80.0. The summed E-state index contributed by atoms with van der Waals surface area (Å²) < 4.78 is 33.8. The van der Waals surface area contributed by atoms with Crippen molar-refractivity contribution in [3.63, 3.8) is 0 Å². The predicted octanol–water partition coefficient (Wildman–Crippen LogP) is 5.61. The van der Waals surface area contributed by atoms with Crippen molar-refractivity contribution in [2.24, 2.45) is 0 Å². The number of hydrogen-bond donors (Lipinski definition) is 2. The van der Waals surface area contributed by atoms with Crippen molar-refractivity contribution in [2.75, 3.05) is 42.5 Å². The molecule has 0 radical (unpaired) electrons. The van der Waals surface area contributed by atoms with E-state index in [2.05, 4.69) is 58.4 Å². The van der Waals surface area contributed by atoms with Gasteiger partial charge in [-0.3, -0.25) is 14.5 Å². The zero-order valence-corrected chi connectivity index (χ0v) is 27.6. The maximum atomic E-state index is 15.6. The first-order valence-corrected chi connectivity index (χ1v) is 15.4. The number of carbonyl (C=O) groups is 3. The monoisotopic (exact) mass is 803 g/mol. The summed E-state index contributed by atoms with van der Waals surface area (Å²) in [6.45, 7) is 2.51. The lowest BCUT2D eigenvalue weighted by Crippen LogP contribution is -2.63. The Hall–Kier alpha value is -1.71. The third-order valence-corrected chi connectivity index (χ3v) is 8.41. The van der Waals surface area contributed by atoms with Gasteiger partial charge in [-0.1, -0.05) is 71.0 Å². The molecule has 0 aliphatic carbocycles. The number of halogens is 7. The molecule has 16 heteroatoms. The molecule has 0 aromatic heterocycles. The number of rotatable bonds is 7. The molecule has 2 aromatic rings. The molecule has 2 aliphatic heterocycles. The second kappa shape index (κ2) is 13.3. The molecule has 0 saturated carbocycles. The number of anilines is 2. The molecule has 41 heavy (non-hydrogen) atoms. The molecule has 9 nitrogen and oxygen atoms in total. The van der Waals surface area contributed by atoms with Gasteiger partial charge in [0.2, 0.25) is 5.91 Å². The van der Waals surface area contributed by atoms with Gasteiger partial charge in [-0.2, -0.15) is 0 Å². The average molecular weight is 807 g/mol. The number of ether oxygens (including phenoxy) is 1. The SMILES string of the molecule is CC(=O)NCC1CN(c2ccc(N3CCN(C(NC(=O)c4cc(F)c(Cl)cc4Cl)C(Br)(Br)Br)C(F)C3)cc2)C(=O)O1. The van der Waals surface area contributed by atoms with Crippen molar-refractivity contribution >= 4 is 100 Å². The minimum absolute atomic E-state index is 0.0182. The molecule has 2 N–H and O–H groups in total. The number of carbonyl (C=O) groups excluding carboxylic acids is 3. The van der Waals surface area contributed by atoms with Crippen molar-refractivity contribution in [1.82, 2.24) is 15.5 Å². The molecular formula is C25H24Br3Cl2F2N5O4. The van der Waals surface area contributed by atoms with Crippen LogP contribution in [0.1, 0.15) is 17.3 Å². The van der Waals surface area contributed by atoms with E-state index in [1.807, 2.05) is 4.90 Å². The standard InChI is InChI=1S/C25H24Br3Cl2F2N5O4/c1-13(38)33-10-16-11-37(24(40)41-16)15-4-2-14(3-5-15)35-6-7-36(21(32)12-35)23(25(26,27)28)34-22(39)17-8-20(31)19(30)9-18(17)29/h2-5,8-9,16,21,23H,6-7,10-12H2,1H3,(H,33,38)(H,34,39). The highest BCUT2D eigenvalue weighted by Gasteiger charge is 2.43. The van der Waals surface area contributed by atoms with E-state index >= 15 is 4.39 Å². The quantitative estimate of drug-likeness (QED) is 0.215. The second-order valence-corrected chi connectivity index (χ2v) is 17.1. The fraction of sp³-hybridized carbons (Fsp3) is 0.400. The normalized spacial score (nSPS) is 20.5. The summed E-state index contributed by atoms with van der Waals surface area (Å²) in [5, 5.41) is 5.06. The van der Waals surface area contributed by atoms with E-state index in [-0.39, 0.29) is 47.7 Å². The molecule has 0 bridgehead atoms. The van der Waals surface area contributed by atoms with Crippen LogP contribution in [-0.4, -0.2) is 76.2 Å². The fourth-order valence-corrected chi connectivity index (χ4v) is 6.07. The van der Waals surface area contributed by atoms with Gasteiger partial charge < -0.3 is 20.3 Å². The minimum Gasteiger partial charge on any atom is -0.442 e. The first kappa shape index (κ1) is 32.2. The highest BCUT2D eigenvalue weighted by Crippen LogP contribution is 2.40. The summed E-state index contributed by atoms with van der Waals surface area (Å²) in [5.74, 6) is -1.74. The molecule has 2 heterocycles. The van der Waals surface area contributed by atoms with E-state index in [4.69, 9.17) is 27.9 Å². The van der Waals surface area contributed by atoms with Crippen LogP contribution >= 0.6 is 71.0 Å². The average Bonchev–Trinajstić information content (AvgIpc) is 3.28. The molecule has 3 amide bonds. The van der Waals surface area contributed by atoms with E-state index in [0.717, 1.165) is 17.8 Å². The van der Waals surface area contributed by atoms with E-state index in [1.54, 1.807) is 24.3 Å². The molecule has 2 aliphatic rings. The van der Waals surface area contributed by atoms with Gasteiger partial charge in [0.1, 0.15) is 18.1 Å². The maximum absolute atomic E-state index is 15.6. The van der Waals surface area contributed by atoms with E-state index in [9.17, 15) is 18.8 Å². The number of nitrogens with zero attached hydrogens (tertiary/aromatic N) is 3. The molecule has 3 unspecified atom stereocenters. The summed E-state index contributed by atoms with van der Waals surface area (Å²) in [6.07, 6.45) is -3.44. The summed E-state index contributed by atoms with van der Waals surface area (Å²) in [7, 11) is 0. The number of cyclic esters (lactones) is 1. The summed E-state index contributed by atoms with van der Waals surface area (Å²) in [5.41, 5.74) is 1.21. The Balaban J connectivity index is 1.41. The van der Waals surface area contributed by atoms with Crippen molar-refractivity contribution in [3.05, 3.63) is 57.8 Å². The number of nitrogens with one attached hydrogen (secondary N) is 2. The third-order valence-electron chi connectivity index (χ3n) is 6.50. The Bertz CT molecular complexity index is 1320. The summed E-state index contributed by atoms with van der Waals surface area (Å²) in [6, 6.07) is 9.11. The van der Waals surface area contributed by atoms with Crippen molar-refractivity contribution in [2.45, 2.75) is 27.6 Å². The molecule has 3 atom stereocenters. The summed E-state index contributed by atoms with van der Waals surface area (Å²) >= 11 is 22.0. The number of hydrogen-bond acceptors (Lipinski definition) is 6. The Morgan fingerprint density at radius 1 is 1.10 bits per heavy atom. The number of alkyl halides is 4. The second-order valence-electron chi connectivity index (χ2n) is 9.35. The largest absolute Gasteiger partial charge is 0.442 e. The highest BCUT2D eigenvalue weighted by molar-refractivity contribution is 9.39. The molecule has 2 saturated heterocycles. The Labute approximate surface area is 270 Å². The van der Waals surface area contributed by atoms with Crippen LogP contribution in [0.5, 0.6) is 0 Å². The Morgan fingerprint density at radius 2 is 1.76 bits per heavy atom. The zero-order chi connectivity index (χ0) is 30.1. The number of piperazine rings is 1. The Morgan fingerprint density at radius 3 is 2.37 bits per heavy atom. The molecule has 2 aromatic carbocycles. The van der Waals surface area contributed by atoms with Gasteiger partial charge in [-0.15, -0.1) is 0 Å². The van der Waals surface area contributed by atoms with Crippen LogP contribution in [0.25, 0.3) is 0 Å². The van der Waals surface area contributed by atoms with Crippen LogP contribution in [-0.2, 0) is 9.53 Å². The van der Waals surface area contributed by atoms with Gasteiger partial charge in [0.25, 0.3) is 5.91 Å². The van der Waals surface area contributed by atoms with Gasteiger partial charge >= 0.3 is 6.09 Å². The maximum Gasteiger partial charge on any atom is 0.414 e. The molecule has 222 valence electrons. The van der Waals surface area contributed by atoms with Crippen LogP contribution in [0.3, 0.4) is 0 Å². The van der Waals surface area contributed by atoms with Gasteiger partial charge in [0, 0.05) is 31.4 Å². The molecule has 0 spiro atoms. The van der Waals surface area contributed by atoms with Gasteiger partial charge in [-0.05, 0) is 36.4 Å². The first-order chi connectivity index (χ1) is 19.2. The summed E-state index contributed by atoms with van der Waals surface area (Å²) in [4.78, 5) is 41.2. The van der Waals surface area contributed by atoms with Crippen LogP contribution in [0.2, 0.25) is 10.0 Å². The topological polar surface area (TPSA) is 94.2 Å². The van der Waals surface area contributed by atoms with Crippen molar-refractivity contribution in [3.8, 4) is 0 Å². The molecule has 4 rings (SSSR count). The third kappa shape index (κ3) is 7.82. The first-order valence-electron chi connectivity index (χ1n) is 12.2. The lowest BCUT2D eigenvalue weighted by atomic mass is 10.2. The van der Waals surface area contributed by atoms with Crippen LogP contribution in [0.15, 0.2) is 36.4 Å². The van der Waals surface area contributed by atoms with E-state index in [1.165, 1.54) is 16.7 Å². The fourth-order valence-electron chi connectivity index (χ4n) is 4.47. The predicted molar refractivity (Wildman–Crippen MR) is 164 cm³/mol.